The number of aliphatic carboxylic acids is 1. The molecular weight excluding hydrogens is 224 g/mol. The molecule has 0 aliphatic rings. The van der Waals surface area contributed by atoms with E-state index in [2.05, 4.69) is 10.6 Å². The van der Waals surface area contributed by atoms with Crippen LogP contribution in [0.1, 0.15) is 13.8 Å². The summed E-state index contributed by atoms with van der Waals surface area (Å²) in [5.74, 6) is -2.43. The molecule has 0 fully saturated rings. The molecule has 15 heavy (non-hydrogen) atoms. The van der Waals surface area contributed by atoms with Gasteiger partial charge in [-0.2, -0.15) is 0 Å². The van der Waals surface area contributed by atoms with E-state index in [-0.39, 0.29) is 5.88 Å². The molecule has 0 radical (unpaired) electrons. The molecule has 0 aromatic carbocycles. The van der Waals surface area contributed by atoms with Gasteiger partial charge in [0.05, 0.1) is 0 Å². The Labute approximate surface area is 92.0 Å². The van der Waals surface area contributed by atoms with E-state index in [1.54, 1.807) is 0 Å². The maximum absolute atomic E-state index is 11.3. The van der Waals surface area contributed by atoms with E-state index >= 15 is 0 Å². The van der Waals surface area contributed by atoms with Gasteiger partial charge in [0.25, 0.3) is 0 Å². The van der Waals surface area contributed by atoms with Gasteiger partial charge in [-0.05, 0) is 13.8 Å². The summed E-state index contributed by atoms with van der Waals surface area (Å²) in [4.78, 5) is 32.5. The fraction of sp³-hybridized carbons (Fsp3) is 0.625. The van der Waals surface area contributed by atoms with Crippen LogP contribution in [0.4, 0.5) is 0 Å². The molecule has 0 unspecified atom stereocenters. The molecule has 6 nitrogen and oxygen atoms in total. The Morgan fingerprint density at radius 3 is 2.13 bits per heavy atom. The van der Waals surface area contributed by atoms with Gasteiger partial charge in [0, 0.05) is 0 Å². The van der Waals surface area contributed by atoms with Crippen LogP contribution in [0, 0.1) is 0 Å². The number of carboxylic acids is 1. The summed E-state index contributed by atoms with van der Waals surface area (Å²) in [7, 11) is 0. The third-order valence-corrected chi connectivity index (χ3v) is 1.86. The number of hydrogen-bond acceptors (Lipinski definition) is 3. The van der Waals surface area contributed by atoms with Crippen molar-refractivity contribution in [2.24, 2.45) is 0 Å². The summed E-state index contributed by atoms with van der Waals surface area (Å²) in [5.41, 5.74) is 0. The molecule has 0 spiro atoms. The van der Waals surface area contributed by atoms with E-state index in [0.717, 1.165) is 0 Å². The molecule has 2 amide bonds. The Hall–Kier alpha value is -1.30. The fourth-order valence-electron chi connectivity index (χ4n) is 0.746. The van der Waals surface area contributed by atoms with Crippen LogP contribution in [0.2, 0.25) is 0 Å². The van der Waals surface area contributed by atoms with E-state index in [9.17, 15) is 14.4 Å². The molecule has 0 aromatic rings. The number of alkyl halides is 1. The van der Waals surface area contributed by atoms with E-state index in [0.29, 0.717) is 0 Å². The van der Waals surface area contributed by atoms with Crippen molar-refractivity contribution in [3.05, 3.63) is 0 Å². The first-order valence-corrected chi connectivity index (χ1v) is 4.80. The Morgan fingerprint density at radius 1 is 1.20 bits per heavy atom. The number of nitrogens with one attached hydrogen (secondary N) is 2. The van der Waals surface area contributed by atoms with Crippen LogP contribution in [0.3, 0.4) is 0 Å². The third-order valence-electron chi connectivity index (χ3n) is 1.62. The SMILES string of the molecule is C[C@@H](NC(=O)[C@@H](C)NC(=O)CCl)C(=O)O. The summed E-state index contributed by atoms with van der Waals surface area (Å²) in [5, 5.41) is 13.0. The number of amides is 2. The number of rotatable bonds is 5. The van der Waals surface area contributed by atoms with Gasteiger partial charge in [-0.15, -0.1) is 11.6 Å². The molecular formula is C8H13ClN2O4. The van der Waals surface area contributed by atoms with Crippen molar-refractivity contribution >= 4 is 29.4 Å². The molecule has 0 heterocycles. The fourth-order valence-corrected chi connectivity index (χ4v) is 0.823. The van der Waals surface area contributed by atoms with E-state index in [1.165, 1.54) is 13.8 Å². The maximum atomic E-state index is 11.3. The average molecular weight is 237 g/mol. The minimum absolute atomic E-state index is 0.244. The summed E-state index contributed by atoms with van der Waals surface area (Å²) in [6.45, 7) is 2.77. The highest BCUT2D eigenvalue weighted by atomic mass is 35.5. The highest BCUT2D eigenvalue weighted by Crippen LogP contribution is 1.88. The van der Waals surface area contributed by atoms with Gasteiger partial charge in [-0.3, -0.25) is 14.4 Å². The zero-order valence-corrected chi connectivity index (χ0v) is 9.17. The van der Waals surface area contributed by atoms with E-state index in [1.807, 2.05) is 0 Å². The quantitative estimate of drug-likeness (QED) is 0.551. The first kappa shape index (κ1) is 13.7. The van der Waals surface area contributed by atoms with Crippen molar-refractivity contribution in [3.63, 3.8) is 0 Å². The average Bonchev–Trinajstić information content (AvgIpc) is 2.16. The number of carbonyl (C=O) groups is 3. The zero-order valence-electron chi connectivity index (χ0n) is 8.41. The smallest absolute Gasteiger partial charge is 0.325 e. The van der Waals surface area contributed by atoms with Crippen molar-refractivity contribution < 1.29 is 19.5 Å². The van der Waals surface area contributed by atoms with Crippen molar-refractivity contribution in [1.82, 2.24) is 10.6 Å². The molecule has 0 saturated carbocycles. The van der Waals surface area contributed by atoms with Crippen molar-refractivity contribution in [2.75, 3.05) is 5.88 Å². The first-order chi connectivity index (χ1) is 6.88. The van der Waals surface area contributed by atoms with Gasteiger partial charge in [-0.1, -0.05) is 0 Å². The van der Waals surface area contributed by atoms with Gasteiger partial charge >= 0.3 is 5.97 Å². The van der Waals surface area contributed by atoms with Crippen molar-refractivity contribution in [1.29, 1.82) is 0 Å². The third kappa shape index (κ3) is 5.21. The number of hydrogen-bond donors (Lipinski definition) is 3. The van der Waals surface area contributed by atoms with Gasteiger partial charge < -0.3 is 15.7 Å². The second kappa shape index (κ2) is 6.23. The van der Waals surface area contributed by atoms with Crippen molar-refractivity contribution in [2.45, 2.75) is 25.9 Å². The van der Waals surface area contributed by atoms with Crippen LogP contribution in [-0.2, 0) is 14.4 Å². The van der Waals surface area contributed by atoms with E-state index < -0.39 is 29.9 Å². The zero-order chi connectivity index (χ0) is 12.0. The Kier molecular flexibility index (Phi) is 5.69. The molecule has 0 aliphatic heterocycles. The maximum Gasteiger partial charge on any atom is 0.325 e. The molecule has 0 rings (SSSR count). The standard InChI is InChI=1S/C8H13ClN2O4/c1-4(10-6(12)3-9)7(13)11-5(2)8(14)15/h4-5H,3H2,1-2H3,(H,10,12)(H,11,13)(H,14,15)/t4-,5-/m1/s1. The number of carboxylic acid groups (broad SMARTS) is 1. The summed E-state index contributed by atoms with van der Waals surface area (Å²) < 4.78 is 0. The summed E-state index contributed by atoms with van der Waals surface area (Å²) in [6.07, 6.45) is 0. The highest BCUT2D eigenvalue weighted by Gasteiger charge is 2.19. The van der Waals surface area contributed by atoms with Gasteiger partial charge in [0.1, 0.15) is 18.0 Å². The van der Waals surface area contributed by atoms with Crippen LogP contribution in [0.15, 0.2) is 0 Å². The Bertz CT molecular complexity index is 269. The Morgan fingerprint density at radius 2 is 1.73 bits per heavy atom. The first-order valence-electron chi connectivity index (χ1n) is 4.27. The molecule has 0 saturated heterocycles. The summed E-state index contributed by atoms with van der Waals surface area (Å²) >= 11 is 5.22. The lowest BCUT2D eigenvalue weighted by Gasteiger charge is -2.15. The minimum atomic E-state index is -1.14. The van der Waals surface area contributed by atoms with Crippen LogP contribution in [-0.4, -0.2) is 40.9 Å². The second-order valence-corrected chi connectivity index (χ2v) is 3.26. The Balaban J connectivity index is 4.10. The van der Waals surface area contributed by atoms with Gasteiger partial charge in [0.15, 0.2) is 0 Å². The predicted molar refractivity (Wildman–Crippen MR) is 53.6 cm³/mol. The van der Waals surface area contributed by atoms with Crippen LogP contribution in [0.5, 0.6) is 0 Å². The summed E-state index contributed by atoms with van der Waals surface area (Å²) in [6, 6.07) is -1.80. The molecule has 86 valence electrons. The minimum Gasteiger partial charge on any atom is -0.480 e. The second-order valence-electron chi connectivity index (χ2n) is 2.99. The van der Waals surface area contributed by atoms with E-state index in [4.69, 9.17) is 16.7 Å². The van der Waals surface area contributed by atoms with Crippen LogP contribution < -0.4 is 10.6 Å². The highest BCUT2D eigenvalue weighted by molar-refractivity contribution is 6.27. The number of halogens is 1. The molecule has 0 bridgehead atoms. The molecule has 2 atom stereocenters. The monoisotopic (exact) mass is 236 g/mol. The lowest BCUT2D eigenvalue weighted by Crippen LogP contribution is -2.49. The lowest BCUT2D eigenvalue weighted by molar-refractivity contribution is -0.141. The molecule has 0 aromatic heterocycles. The molecule has 7 heteroatoms. The van der Waals surface area contributed by atoms with Gasteiger partial charge in [-0.25, -0.2) is 0 Å². The lowest BCUT2D eigenvalue weighted by atomic mass is 10.2. The predicted octanol–water partition coefficient (Wildman–Crippen LogP) is -0.681. The normalized spacial score (nSPS) is 13.8. The number of carbonyl (C=O) groups excluding carboxylic acids is 2. The van der Waals surface area contributed by atoms with Crippen LogP contribution in [0.25, 0.3) is 0 Å². The largest absolute Gasteiger partial charge is 0.480 e. The molecule has 0 aliphatic carbocycles. The van der Waals surface area contributed by atoms with Crippen molar-refractivity contribution in [3.8, 4) is 0 Å². The topological polar surface area (TPSA) is 95.5 Å². The van der Waals surface area contributed by atoms with Crippen LogP contribution >= 0.6 is 11.6 Å². The molecule has 3 N–H and O–H groups in total. The van der Waals surface area contributed by atoms with Gasteiger partial charge in [0.2, 0.25) is 11.8 Å².